The molecule has 126 valence electrons. The van der Waals surface area contributed by atoms with E-state index in [1.807, 2.05) is 0 Å². The Morgan fingerprint density at radius 3 is 2.54 bits per heavy atom. The second-order valence-electron chi connectivity index (χ2n) is 5.16. The molecule has 7 heteroatoms. The number of amides is 2. The van der Waals surface area contributed by atoms with Gasteiger partial charge < -0.3 is 15.7 Å². The number of halogens is 2. The van der Waals surface area contributed by atoms with Crippen LogP contribution >= 0.6 is 0 Å². The van der Waals surface area contributed by atoms with Crippen LogP contribution < -0.4 is 10.6 Å². The highest BCUT2D eigenvalue weighted by Gasteiger charge is 2.18. The maximum Gasteiger partial charge on any atom is 0.313 e. The van der Waals surface area contributed by atoms with Gasteiger partial charge in [0, 0.05) is 17.8 Å². The molecule has 2 rings (SSSR count). The molecule has 0 saturated heterocycles. The van der Waals surface area contributed by atoms with Gasteiger partial charge in [-0.2, -0.15) is 0 Å². The Labute approximate surface area is 137 Å². The van der Waals surface area contributed by atoms with Crippen LogP contribution in [0, 0.1) is 18.6 Å². The molecule has 0 aliphatic carbocycles. The van der Waals surface area contributed by atoms with E-state index in [-0.39, 0.29) is 17.8 Å². The maximum absolute atomic E-state index is 13.5. The first-order chi connectivity index (χ1) is 11.4. The number of anilines is 1. The van der Waals surface area contributed by atoms with Gasteiger partial charge >= 0.3 is 11.8 Å². The topological polar surface area (TPSA) is 78.4 Å². The number of carbonyl (C=O) groups excluding carboxylic acids is 2. The molecule has 0 spiro atoms. The molecule has 2 aromatic carbocycles. The number of rotatable bonds is 4. The second-order valence-corrected chi connectivity index (χ2v) is 5.16. The number of aryl methyl sites for hydroxylation is 1. The molecule has 5 nitrogen and oxygen atoms in total. The third-order valence-corrected chi connectivity index (χ3v) is 3.37. The summed E-state index contributed by atoms with van der Waals surface area (Å²) in [4.78, 5) is 23.5. The average Bonchev–Trinajstić information content (AvgIpc) is 2.56. The van der Waals surface area contributed by atoms with Gasteiger partial charge in [-0.15, -0.1) is 0 Å². The molecule has 0 heterocycles. The minimum absolute atomic E-state index is 0.0131. The van der Waals surface area contributed by atoms with Crippen molar-refractivity contribution in [3.63, 3.8) is 0 Å². The lowest BCUT2D eigenvalue weighted by Crippen LogP contribution is -2.37. The first-order valence-corrected chi connectivity index (χ1v) is 7.16. The molecule has 2 amide bonds. The van der Waals surface area contributed by atoms with E-state index in [0.717, 1.165) is 6.07 Å². The highest BCUT2D eigenvalue weighted by atomic mass is 19.1. The van der Waals surface area contributed by atoms with Crippen LogP contribution in [0.25, 0.3) is 0 Å². The van der Waals surface area contributed by atoms with Crippen molar-refractivity contribution in [2.24, 2.45) is 0 Å². The Morgan fingerprint density at radius 2 is 1.83 bits per heavy atom. The van der Waals surface area contributed by atoms with Crippen LogP contribution in [-0.4, -0.2) is 23.5 Å². The molecule has 24 heavy (non-hydrogen) atoms. The quantitative estimate of drug-likeness (QED) is 0.749. The lowest BCUT2D eigenvalue weighted by atomic mass is 10.1. The standard InChI is InChI=1S/C17H16F2N2O3/c1-10-6-7-11(18)8-14(10)21-17(24)16(23)20-9-15(22)12-4-2-3-5-13(12)19/h2-8,15,22H,9H2,1H3,(H,20,23)(H,21,24). The summed E-state index contributed by atoms with van der Waals surface area (Å²) in [7, 11) is 0. The molecular weight excluding hydrogens is 318 g/mol. The van der Waals surface area contributed by atoms with Crippen LogP contribution in [0.1, 0.15) is 17.2 Å². The number of aliphatic hydroxyl groups is 1. The summed E-state index contributed by atoms with van der Waals surface area (Å²) in [5.41, 5.74) is 0.771. The Balaban J connectivity index is 1.93. The molecular formula is C17H16F2N2O3. The lowest BCUT2D eigenvalue weighted by Gasteiger charge is -2.13. The predicted molar refractivity (Wildman–Crippen MR) is 84.1 cm³/mol. The fourth-order valence-electron chi connectivity index (χ4n) is 2.03. The van der Waals surface area contributed by atoms with Gasteiger partial charge in [0.05, 0.1) is 6.10 Å². The minimum Gasteiger partial charge on any atom is -0.386 e. The van der Waals surface area contributed by atoms with Crippen molar-refractivity contribution in [3.8, 4) is 0 Å². The van der Waals surface area contributed by atoms with Gasteiger partial charge in [0.2, 0.25) is 0 Å². The first kappa shape index (κ1) is 17.6. The maximum atomic E-state index is 13.5. The third kappa shape index (κ3) is 4.36. The summed E-state index contributed by atoms with van der Waals surface area (Å²) >= 11 is 0. The average molecular weight is 334 g/mol. The van der Waals surface area contributed by atoms with Gasteiger partial charge in [0.1, 0.15) is 11.6 Å². The fourth-order valence-corrected chi connectivity index (χ4v) is 2.03. The third-order valence-electron chi connectivity index (χ3n) is 3.37. The summed E-state index contributed by atoms with van der Waals surface area (Å²) < 4.78 is 26.7. The highest BCUT2D eigenvalue weighted by molar-refractivity contribution is 6.39. The van der Waals surface area contributed by atoms with Crippen molar-refractivity contribution in [2.45, 2.75) is 13.0 Å². The number of benzene rings is 2. The molecule has 0 aliphatic rings. The number of carbonyl (C=O) groups is 2. The predicted octanol–water partition coefficient (Wildman–Crippen LogP) is 2.06. The summed E-state index contributed by atoms with van der Waals surface area (Å²) in [5, 5.41) is 14.3. The smallest absolute Gasteiger partial charge is 0.313 e. The van der Waals surface area contributed by atoms with Crippen LogP contribution in [0.5, 0.6) is 0 Å². The monoisotopic (exact) mass is 334 g/mol. The van der Waals surface area contributed by atoms with E-state index in [9.17, 15) is 23.5 Å². The molecule has 0 saturated carbocycles. The molecule has 0 aliphatic heterocycles. The van der Waals surface area contributed by atoms with Gasteiger partial charge in [0.15, 0.2) is 0 Å². The number of hydrogen-bond donors (Lipinski definition) is 3. The van der Waals surface area contributed by atoms with E-state index in [1.165, 1.54) is 30.3 Å². The lowest BCUT2D eigenvalue weighted by molar-refractivity contribution is -0.136. The zero-order valence-corrected chi connectivity index (χ0v) is 12.8. The Hall–Kier alpha value is -2.80. The number of hydrogen-bond acceptors (Lipinski definition) is 3. The van der Waals surface area contributed by atoms with Crippen LogP contribution in [0.3, 0.4) is 0 Å². The van der Waals surface area contributed by atoms with E-state index in [1.54, 1.807) is 13.0 Å². The summed E-state index contributed by atoms with van der Waals surface area (Å²) in [6.07, 6.45) is -1.29. The molecule has 2 aromatic rings. The van der Waals surface area contributed by atoms with E-state index < -0.39 is 29.6 Å². The number of aliphatic hydroxyl groups excluding tert-OH is 1. The van der Waals surface area contributed by atoms with Crippen LogP contribution in [0.15, 0.2) is 42.5 Å². The molecule has 0 aromatic heterocycles. The van der Waals surface area contributed by atoms with Crippen molar-refractivity contribution < 1.29 is 23.5 Å². The Kier molecular flexibility index (Phi) is 5.59. The summed E-state index contributed by atoms with van der Waals surface area (Å²) in [6, 6.07) is 9.36. The minimum atomic E-state index is -1.29. The molecule has 0 fully saturated rings. The van der Waals surface area contributed by atoms with E-state index in [4.69, 9.17) is 0 Å². The van der Waals surface area contributed by atoms with E-state index in [0.29, 0.717) is 5.56 Å². The van der Waals surface area contributed by atoms with Crippen LogP contribution in [0.4, 0.5) is 14.5 Å². The van der Waals surface area contributed by atoms with Crippen LogP contribution in [0.2, 0.25) is 0 Å². The van der Waals surface area contributed by atoms with Crippen LogP contribution in [-0.2, 0) is 9.59 Å². The van der Waals surface area contributed by atoms with Gasteiger partial charge in [-0.3, -0.25) is 9.59 Å². The van der Waals surface area contributed by atoms with E-state index >= 15 is 0 Å². The molecule has 0 radical (unpaired) electrons. The van der Waals surface area contributed by atoms with Gasteiger partial charge in [-0.1, -0.05) is 24.3 Å². The van der Waals surface area contributed by atoms with Crippen molar-refractivity contribution in [1.29, 1.82) is 0 Å². The molecule has 1 unspecified atom stereocenters. The zero-order valence-electron chi connectivity index (χ0n) is 12.8. The van der Waals surface area contributed by atoms with Crippen molar-refractivity contribution in [3.05, 3.63) is 65.2 Å². The van der Waals surface area contributed by atoms with Crippen molar-refractivity contribution >= 4 is 17.5 Å². The zero-order chi connectivity index (χ0) is 17.7. The van der Waals surface area contributed by atoms with Crippen molar-refractivity contribution in [2.75, 3.05) is 11.9 Å². The number of nitrogens with one attached hydrogen (secondary N) is 2. The first-order valence-electron chi connectivity index (χ1n) is 7.16. The van der Waals surface area contributed by atoms with Gasteiger partial charge in [0.25, 0.3) is 0 Å². The Bertz CT molecular complexity index is 765. The molecule has 0 bridgehead atoms. The fraction of sp³-hybridized carbons (Fsp3) is 0.176. The SMILES string of the molecule is Cc1ccc(F)cc1NC(=O)C(=O)NCC(O)c1ccccc1F. The molecule has 3 N–H and O–H groups in total. The Morgan fingerprint density at radius 1 is 1.12 bits per heavy atom. The second kappa shape index (κ2) is 7.65. The highest BCUT2D eigenvalue weighted by Crippen LogP contribution is 2.17. The van der Waals surface area contributed by atoms with Crippen molar-refractivity contribution in [1.82, 2.24) is 5.32 Å². The summed E-state index contributed by atoms with van der Waals surface area (Å²) in [6.45, 7) is 1.31. The van der Waals surface area contributed by atoms with Gasteiger partial charge in [-0.25, -0.2) is 8.78 Å². The summed E-state index contributed by atoms with van der Waals surface area (Å²) in [5.74, 6) is -3.19. The van der Waals surface area contributed by atoms with Gasteiger partial charge in [-0.05, 0) is 30.7 Å². The largest absolute Gasteiger partial charge is 0.386 e. The normalized spacial score (nSPS) is 11.7. The molecule has 1 atom stereocenters. The van der Waals surface area contributed by atoms with E-state index in [2.05, 4.69) is 10.6 Å².